The quantitative estimate of drug-likeness (QED) is 0.763. The zero-order valence-electron chi connectivity index (χ0n) is 8.37. The van der Waals surface area contributed by atoms with E-state index >= 15 is 0 Å². The molecule has 0 saturated carbocycles. The van der Waals surface area contributed by atoms with Gasteiger partial charge in [0, 0.05) is 13.2 Å². The van der Waals surface area contributed by atoms with Gasteiger partial charge in [0.2, 0.25) is 0 Å². The smallest absolute Gasteiger partial charge is 0.195 e. The first-order valence-electron chi connectivity index (χ1n) is 4.27. The minimum absolute atomic E-state index is 0.0321. The van der Waals surface area contributed by atoms with Crippen molar-refractivity contribution in [2.75, 3.05) is 7.11 Å². The molecule has 13 heavy (non-hydrogen) atoms. The molecule has 1 rings (SSSR count). The SMILES string of the molecule is COC(C)c1n[nH]c(=S)n1C(C)C. The molecule has 0 aliphatic carbocycles. The van der Waals surface area contributed by atoms with E-state index < -0.39 is 0 Å². The van der Waals surface area contributed by atoms with E-state index in [1.54, 1.807) is 7.11 Å². The highest BCUT2D eigenvalue weighted by Crippen LogP contribution is 2.17. The molecule has 0 aliphatic heterocycles. The summed E-state index contributed by atoms with van der Waals surface area (Å²) in [7, 11) is 1.66. The minimum Gasteiger partial charge on any atom is -0.374 e. The first-order chi connectivity index (χ1) is 6.07. The zero-order valence-corrected chi connectivity index (χ0v) is 9.18. The number of H-pyrrole nitrogens is 1. The van der Waals surface area contributed by atoms with Crippen molar-refractivity contribution < 1.29 is 4.74 Å². The van der Waals surface area contributed by atoms with Gasteiger partial charge >= 0.3 is 0 Å². The highest BCUT2D eigenvalue weighted by Gasteiger charge is 2.14. The summed E-state index contributed by atoms with van der Waals surface area (Å²) in [6.45, 7) is 6.08. The molecule has 1 aromatic heterocycles. The van der Waals surface area contributed by atoms with E-state index in [0.29, 0.717) is 10.8 Å². The lowest BCUT2D eigenvalue weighted by Crippen LogP contribution is -2.10. The largest absolute Gasteiger partial charge is 0.374 e. The number of aromatic amines is 1. The fourth-order valence-corrected chi connectivity index (χ4v) is 1.56. The summed E-state index contributed by atoms with van der Waals surface area (Å²) in [6.07, 6.45) is -0.0321. The number of rotatable bonds is 3. The third kappa shape index (κ3) is 1.97. The molecule has 0 spiro atoms. The topological polar surface area (TPSA) is 42.8 Å². The van der Waals surface area contributed by atoms with E-state index in [1.165, 1.54) is 0 Å². The second kappa shape index (κ2) is 4.02. The second-order valence-corrected chi connectivity index (χ2v) is 3.62. The standard InChI is InChI=1S/C8H15N3OS/c1-5(2)11-7(6(3)12-4)9-10-8(11)13/h5-6H,1-4H3,(H,10,13). The van der Waals surface area contributed by atoms with Crippen molar-refractivity contribution in [3.8, 4) is 0 Å². The summed E-state index contributed by atoms with van der Waals surface area (Å²) < 4.78 is 7.80. The average Bonchev–Trinajstić information content (AvgIpc) is 2.45. The van der Waals surface area contributed by atoms with Gasteiger partial charge in [0.25, 0.3) is 0 Å². The minimum atomic E-state index is -0.0321. The molecule has 74 valence electrons. The summed E-state index contributed by atoms with van der Waals surface area (Å²) in [4.78, 5) is 0. The summed E-state index contributed by atoms with van der Waals surface area (Å²) >= 11 is 5.11. The van der Waals surface area contributed by atoms with Gasteiger partial charge < -0.3 is 4.74 Å². The van der Waals surface area contributed by atoms with Gasteiger partial charge in [0.15, 0.2) is 10.6 Å². The molecule has 1 N–H and O–H groups in total. The Morgan fingerprint density at radius 3 is 2.54 bits per heavy atom. The monoisotopic (exact) mass is 201 g/mol. The van der Waals surface area contributed by atoms with Crippen LogP contribution in [-0.2, 0) is 4.74 Å². The number of nitrogens with one attached hydrogen (secondary N) is 1. The molecule has 1 atom stereocenters. The van der Waals surface area contributed by atoms with Crippen LogP contribution in [-0.4, -0.2) is 21.9 Å². The molecular weight excluding hydrogens is 186 g/mol. The molecule has 0 aromatic carbocycles. The Balaban J connectivity index is 3.15. The maximum Gasteiger partial charge on any atom is 0.195 e. The molecule has 5 heteroatoms. The average molecular weight is 201 g/mol. The van der Waals surface area contributed by atoms with Crippen molar-refractivity contribution in [3.63, 3.8) is 0 Å². The van der Waals surface area contributed by atoms with Gasteiger partial charge in [0.1, 0.15) is 6.10 Å². The highest BCUT2D eigenvalue weighted by atomic mass is 32.1. The maximum atomic E-state index is 5.19. The fourth-order valence-electron chi connectivity index (χ4n) is 1.21. The first kappa shape index (κ1) is 10.4. The molecule has 1 heterocycles. The van der Waals surface area contributed by atoms with Gasteiger partial charge in [-0.15, -0.1) is 0 Å². The molecule has 1 unspecified atom stereocenters. The third-order valence-electron chi connectivity index (χ3n) is 1.97. The predicted octanol–water partition coefficient (Wildman–Crippen LogP) is 2.23. The van der Waals surface area contributed by atoms with Gasteiger partial charge in [-0.05, 0) is 33.0 Å². The zero-order chi connectivity index (χ0) is 10.0. The number of methoxy groups -OCH3 is 1. The van der Waals surface area contributed by atoms with Crippen molar-refractivity contribution in [3.05, 3.63) is 10.6 Å². The molecule has 0 saturated heterocycles. The summed E-state index contributed by atoms with van der Waals surface area (Å²) in [5.41, 5.74) is 0. The number of hydrogen-bond donors (Lipinski definition) is 1. The lowest BCUT2D eigenvalue weighted by atomic mass is 10.3. The normalized spacial score (nSPS) is 13.6. The fraction of sp³-hybridized carbons (Fsp3) is 0.750. The van der Waals surface area contributed by atoms with Crippen LogP contribution in [0.3, 0.4) is 0 Å². The van der Waals surface area contributed by atoms with Crippen molar-refractivity contribution in [2.45, 2.75) is 32.9 Å². The highest BCUT2D eigenvalue weighted by molar-refractivity contribution is 7.71. The van der Waals surface area contributed by atoms with Gasteiger partial charge in [-0.3, -0.25) is 9.67 Å². The van der Waals surface area contributed by atoms with Gasteiger partial charge in [-0.1, -0.05) is 0 Å². The molecule has 0 fully saturated rings. The third-order valence-corrected chi connectivity index (χ3v) is 2.25. The van der Waals surface area contributed by atoms with Gasteiger partial charge in [-0.2, -0.15) is 5.10 Å². The van der Waals surface area contributed by atoms with Gasteiger partial charge in [-0.25, -0.2) is 0 Å². The summed E-state index contributed by atoms with van der Waals surface area (Å²) in [5.74, 6) is 0.850. The Morgan fingerprint density at radius 1 is 1.46 bits per heavy atom. The number of ether oxygens (including phenoxy) is 1. The van der Waals surface area contributed by atoms with Crippen LogP contribution in [0.4, 0.5) is 0 Å². The molecule has 0 bridgehead atoms. The Labute approximate surface area is 82.9 Å². The molecular formula is C8H15N3OS. The molecule has 0 radical (unpaired) electrons. The Kier molecular flexibility index (Phi) is 3.22. The van der Waals surface area contributed by atoms with Crippen LogP contribution < -0.4 is 0 Å². The van der Waals surface area contributed by atoms with E-state index in [-0.39, 0.29) is 6.10 Å². The van der Waals surface area contributed by atoms with Crippen molar-refractivity contribution in [2.24, 2.45) is 0 Å². The van der Waals surface area contributed by atoms with Crippen LogP contribution in [0.15, 0.2) is 0 Å². The van der Waals surface area contributed by atoms with Crippen molar-refractivity contribution in [1.82, 2.24) is 14.8 Å². The van der Waals surface area contributed by atoms with Crippen LogP contribution in [0.2, 0.25) is 0 Å². The summed E-state index contributed by atoms with van der Waals surface area (Å²) in [6, 6.07) is 0.304. The van der Waals surface area contributed by atoms with E-state index in [1.807, 2.05) is 11.5 Å². The van der Waals surface area contributed by atoms with Crippen molar-refractivity contribution in [1.29, 1.82) is 0 Å². The maximum absolute atomic E-state index is 5.19. The Hall–Kier alpha value is -0.680. The van der Waals surface area contributed by atoms with E-state index in [0.717, 1.165) is 5.82 Å². The molecule has 0 aliphatic rings. The summed E-state index contributed by atoms with van der Waals surface area (Å²) in [5, 5.41) is 6.90. The molecule has 4 nitrogen and oxygen atoms in total. The van der Waals surface area contributed by atoms with Crippen LogP contribution in [0, 0.1) is 4.77 Å². The van der Waals surface area contributed by atoms with Crippen LogP contribution >= 0.6 is 12.2 Å². The Morgan fingerprint density at radius 2 is 2.08 bits per heavy atom. The van der Waals surface area contributed by atoms with E-state index in [4.69, 9.17) is 17.0 Å². The van der Waals surface area contributed by atoms with E-state index in [2.05, 4.69) is 24.0 Å². The van der Waals surface area contributed by atoms with Crippen LogP contribution in [0.25, 0.3) is 0 Å². The molecule has 1 aromatic rings. The number of nitrogens with zero attached hydrogens (tertiary/aromatic N) is 2. The first-order valence-corrected chi connectivity index (χ1v) is 4.68. The second-order valence-electron chi connectivity index (χ2n) is 3.23. The number of hydrogen-bond acceptors (Lipinski definition) is 3. The number of aromatic nitrogens is 3. The van der Waals surface area contributed by atoms with Gasteiger partial charge in [0.05, 0.1) is 0 Å². The van der Waals surface area contributed by atoms with Crippen LogP contribution in [0.1, 0.15) is 38.7 Å². The van der Waals surface area contributed by atoms with Crippen LogP contribution in [0.5, 0.6) is 0 Å². The molecule has 0 amide bonds. The Bertz CT molecular complexity index is 328. The van der Waals surface area contributed by atoms with Crippen molar-refractivity contribution >= 4 is 12.2 Å². The van der Waals surface area contributed by atoms with E-state index in [9.17, 15) is 0 Å². The lowest BCUT2D eigenvalue weighted by molar-refractivity contribution is 0.107. The lowest BCUT2D eigenvalue weighted by Gasteiger charge is -2.13. The predicted molar refractivity (Wildman–Crippen MR) is 53.2 cm³/mol.